The molecule has 0 radical (unpaired) electrons. The molecule has 0 aromatic heterocycles. The Hall–Kier alpha value is -3.49. The summed E-state index contributed by atoms with van der Waals surface area (Å²) in [6.45, 7) is 0.494. The zero-order valence-electron chi connectivity index (χ0n) is 17.0. The van der Waals surface area contributed by atoms with Crippen LogP contribution in [0.15, 0.2) is 52.8 Å². The molecule has 0 amide bonds. The van der Waals surface area contributed by atoms with E-state index in [1.54, 1.807) is 37.3 Å². The first-order valence-corrected chi connectivity index (χ1v) is 8.88. The lowest BCUT2D eigenvalue weighted by atomic mass is 9.99. The van der Waals surface area contributed by atoms with Gasteiger partial charge in [0.2, 0.25) is 0 Å². The average molecular weight is 420 g/mol. The van der Waals surface area contributed by atoms with Crippen molar-refractivity contribution in [2.45, 2.75) is 27.1 Å². The smallest absolute Gasteiger partial charge is 0.387 e. The van der Waals surface area contributed by atoms with Crippen LogP contribution in [0.2, 0.25) is 0 Å². The maximum Gasteiger partial charge on any atom is 0.387 e. The molecule has 0 bridgehead atoms. The molecule has 0 saturated carbocycles. The lowest BCUT2D eigenvalue weighted by Gasteiger charge is -2.13. The number of halogens is 2. The number of nitrogens with zero attached hydrogens (tertiary/aromatic N) is 2. The van der Waals surface area contributed by atoms with Gasteiger partial charge < -0.3 is 19.1 Å². The molecule has 0 N–H and O–H groups in total. The van der Waals surface area contributed by atoms with Gasteiger partial charge in [-0.05, 0) is 31.5 Å². The minimum atomic E-state index is -2.95. The Labute approximate surface area is 172 Å². The van der Waals surface area contributed by atoms with Crippen LogP contribution in [0.25, 0.3) is 0 Å². The quantitative estimate of drug-likeness (QED) is 0.347. The largest absolute Gasteiger partial charge is 0.464 e. The Morgan fingerprint density at radius 2 is 1.73 bits per heavy atom. The maximum absolute atomic E-state index is 12.6. The lowest BCUT2D eigenvalue weighted by molar-refractivity contribution is -0.132. The van der Waals surface area contributed by atoms with Crippen molar-refractivity contribution in [3.63, 3.8) is 0 Å². The highest BCUT2D eigenvalue weighted by Gasteiger charge is 2.21. The molecule has 0 saturated heterocycles. The first-order valence-electron chi connectivity index (χ1n) is 8.88. The van der Waals surface area contributed by atoms with Crippen LogP contribution in [0.4, 0.5) is 8.78 Å². The van der Waals surface area contributed by atoms with Gasteiger partial charge in [-0.15, -0.1) is 0 Å². The van der Waals surface area contributed by atoms with Crippen LogP contribution < -0.4 is 4.74 Å². The molecule has 0 aliphatic heterocycles. The summed E-state index contributed by atoms with van der Waals surface area (Å²) in [4.78, 5) is 22.3. The van der Waals surface area contributed by atoms with Crippen molar-refractivity contribution in [2.24, 2.45) is 10.3 Å². The Morgan fingerprint density at radius 3 is 2.40 bits per heavy atom. The summed E-state index contributed by atoms with van der Waals surface area (Å²) in [7, 11) is 2.56. The number of carbonyl (C=O) groups excluding carboxylic acids is 1. The van der Waals surface area contributed by atoms with E-state index in [-0.39, 0.29) is 18.1 Å². The van der Waals surface area contributed by atoms with Gasteiger partial charge in [0.1, 0.15) is 19.5 Å². The number of methoxy groups -OCH3 is 1. The first kappa shape index (κ1) is 22.8. The molecule has 30 heavy (non-hydrogen) atoms. The van der Waals surface area contributed by atoms with Gasteiger partial charge in [-0.1, -0.05) is 40.6 Å². The molecule has 0 unspecified atom stereocenters. The second-order valence-corrected chi connectivity index (χ2v) is 6.04. The predicted octanol–water partition coefficient (Wildman–Crippen LogP) is 4.06. The number of hydrogen-bond donors (Lipinski definition) is 0. The van der Waals surface area contributed by atoms with E-state index in [1.165, 1.54) is 20.3 Å². The SMILES string of the molecule is CO/N=C(/C(=O)OC)c1cccc(C)c1CO/N=C(\C)c1ccccc1OC(F)F. The minimum Gasteiger partial charge on any atom is -0.464 e. The van der Waals surface area contributed by atoms with Crippen molar-refractivity contribution >= 4 is 17.4 Å². The summed E-state index contributed by atoms with van der Waals surface area (Å²) in [5, 5.41) is 7.77. The van der Waals surface area contributed by atoms with E-state index in [4.69, 9.17) is 14.4 Å². The molecule has 2 aromatic rings. The summed E-state index contributed by atoms with van der Waals surface area (Å²) in [5.41, 5.74) is 2.65. The molecular formula is C21H22F2N2O5. The topological polar surface area (TPSA) is 78.7 Å². The van der Waals surface area contributed by atoms with Crippen LogP contribution in [-0.2, 0) is 25.8 Å². The monoisotopic (exact) mass is 420 g/mol. The summed E-state index contributed by atoms with van der Waals surface area (Å²) in [6, 6.07) is 11.6. The Balaban J connectivity index is 2.29. The molecule has 160 valence electrons. The second kappa shape index (κ2) is 10.9. The van der Waals surface area contributed by atoms with Gasteiger partial charge >= 0.3 is 12.6 Å². The summed E-state index contributed by atoms with van der Waals surface area (Å²) in [5.74, 6) is -0.671. The van der Waals surface area contributed by atoms with Crippen LogP contribution in [0.1, 0.15) is 29.2 Å². The second-order valence-electron chi connectivity index (χ2n) is 6.04. The van der Waals surface area contributed by atoms with Gasteiger partial charge in [0, 0.05) is 16.7 Å². The first-order chi connectivity index (χ1) is 14.4. The van der Waals surface area contributed by atoms with E-state index in [0.717, 1.165) is 5.56 Å². The van der Waals surface area contributed by atoms with E-state index in [9.17, 15) is 13.6 Å². The highest BCUT2D eigenvalue weighted by Crippen LogP contribution is 2.22. The van der Waals surface area contributed by atoms with Gasteiger partial charge in [0.25, 0.3) is 0 Å². The number of para-hydroxylation sites is 1. The fraction of sp³-hybridized carbons (Fsp3) is 0.286. The Kier molecular flexibility index (Phi) is 8.28. The minimum absolute atomic E-state index is 0.00303. The highest BCUT2D eigenvalue weighted by atomic mass is 19.3. The number of esters is 1. The number of ether oxygens (including phenoxy) is 2. The maximum atomic E-state index is 12.6. The third-order valence-electron chi connectivity index (χ3n) is 4.13. The molecule has 0 spiro atoms. The van der Waals surface area contributed by atoms with Crippen LogP contribution in [0.3, 0.4) is 0 Å². The van der Waals surface area contributed by atoms with E-state index < -0.39 is 12.6 Å². The van der Waals surface area contributed by atoms with Gasteiger partial charge in [0.05, 0.1) is 12.8 Å². The predicted molar refractivity (Wildman–Crippen MR) is 107 cm³/mol. The van der Waals surface area contributed by atoms with Crippen LogP contribution in [0, 0.1) is 6.92 Å². The molecule has 0 atom stereocenters. The average Bonchev–Trinajstić information content (AvgIpc) is 2.72. The molecule has 0 fully saturated rings. The molecule has 2 rings (SSSR count). The zero-order valence-corrected chi connectivity index (χ0v) is 17.0. The van der Waals surface area contributed by atoms with Crippen LogP contribution in [0.5, 0.6) is 5.75 Å². The standard InChI is InChI=1S/C21H22F2N2O5/c1-13-8-7-10-16(19(25-28-4)20(26)27-3)17(13)12-29-24-14(2)15-9-5-6-11-18(15)30-21(22)23/h5-11,21H,12H2,1-4H3/b24-14+,25-19+. The van der Waals surface area contributed by atoms with E-state index in [1.807, 2.05) is 13.0 Å². The fourth-order valence-electron chi connectivity index (χ4n) is 2.71. The van der Waals surface area contributed by atoms with Crippen molar-refractivity contribution in [3.8, 4) is 5.75 Å². The van der Waals surface area contributed by atoms with Crippen LogP contribution in [-0.4, -0.2) is 38.2 Å². The van der Waals surface area contributed by atoms with Crippen molar-refractivity contribution in [1.29, 1.82) is 0 Å². The van der Waals surface area contributed by atoms with Crippen molar-refractivity contribution in [2.75, 3.05) is 14.2 Å². The van der Waals surface area contributed by atoms with Gasteiger partial charge in [-0.25, -0.2) is 4.79 Å². The van der Waals surface area contributed by atoms with Gasteiger partial charge in [0.15, 0.2) is 5.71 Å². The number of aryl methyl sites for hydroxylation is 1. The van der Waals surface area contributed by atoms with Crippen molar-refractivity contribution in [3.05, 3.63) is 64.7 Å². The third-order valence-corrected chi connectivity index (χ3v) is 4.13. The zero-order chi connectivity index (χ0) is 22.1. The van der Waals surface area contributed by atoms with E-state index in [2.05, 4.69) is 15.0 Å². The summed E-state index contributed by atoms with van der Waals surface area (Å²) in [6.07, 6.45) is 0. The number of carbonyl (C=O) groups is 1. The third kappa shape index (κ3) is 5.76. The molecule has 7 nitrogen and oxygen atoms in total. The van der Waals surface area contributed by atoms with Gasteiger partial charge in [-0.3, -0.25) is 0 Å². The number of hydrogen-bond acceptors (Lipinski definition) is 7. The van der Waals surface area contributed by atoms with E-state index >= 15 is 0 Å². The number of benzene rings is 2. The molecule has 0 aliphatic carbocycles. The number of rotatable bonds is 9. The Bertz CT molecular complexity index is 945. The lowest BCUT2D eigenvalue weighted by Crippen LogP contribution is -2.20. The normalized spacial score (nSPS) is 12.0. The molecule has 9 heteroatoms. The Morgan fingerprint density at radius 1 is 1.03 bits per heavy atom. The molecule has 0 heterocycles. The van der Waals surface area contributed by atoms with Crippen molar-refractivity contribution < 1.29 is 32.7 Å². The van der Waals surface area contributed by atoms with E-state index in [0.29, 0.717) is 22.4 Å². The van der Waals surface area contributed by atoms with Crippen LogP contribution >= 0.6 is 0 Å². The fourth-order valence-corrected chi connectivity index (χ4v) is 2.71. The number of alkyl halides is 2. The molecule has 2 aromatic carbocycles. The summed E-state index contributed by atoms with van der Waals surface area (Å²) < 4.78 is 34.5. The number of oxime groups is 2. The van der Waals surface area contributed by atoms with Crippen molar-refractivity contribution in [1.82, 2.24) is 0 Å². The summed E-state index contributed by atoms with van der Waals surface area (Å²) >= 11 is 0. The molecule has 0 aliphatic rings. The van der Waals surface area contributed by atoms with Gasteiger partial charge in [-0.2, -0.15) is 8.78 Å². The highest BCUT2D eigenvalue weighted by molar-refractivity contribution is 6.43. The molecular weight excluding hydrogens is 398 g/mol.